The number of carbonyl (C=O) groups excluding carboxylic acids is 1. The lowest BCUT2D eigenvalue weighted by Crippen LogP contribution is -2.13. The standard InChI is InChI=1S/C20H15ClO2/c21-18-13-11-17(12-14-18)20(22)23-19(15-7-3-1-4-8-15)16-9-5-2-6-10-16/h1-14,19H. The predicted molar refractivity (Wildman–Crippen MR) is 91.6 cm³/mol. The maximum Gasteiger partial charge on any atom is 0.339 e. The zero-order chi connectivity index (χ0) is 16.1. The summed E-state index contributed by atoms with van der Waals surface area (Å²) in [6.45, 7) is 0. The Labute approximate surface area is 140 Å². The van der Waals surface area contributed by atoms with Gasteiger partial charge >= 0.3 is 5.97 Å². The fourth-order valence-corrected chi connectivity index (χ4v) is 2.47. The van der Waals surface area contributed by atoms with Gasteiger partial charge in [0.1, 0.15) is 0 Å². The van der Waals surface area contributed by atoms with Crippen LogP contribution in [0.5, 0.6) is 0 Å². The molecule has 3 aromatic carbocycles. The van der Waals surface area contributed by atoms with E-state index in [2.05, 4.69) is 0 Å². The van der Waals surface area contributed by atoms with Crippen molar-refractivity contribution in [2.45, 2.75) is 6.10 Å². The Kier molecular flexibility index (Phi) is 4.74. The molecule has 3 aromatic rings. The van der Waals surface area contributed by atoms with Gasteiger partial charge in [-0.15, -0.1) is 0 Å². The average molecular weight is 323 g/mol. The van der Waals surface area contributed by atoms with E-state index in [1.807, 2.05) is 60.7 Å². The van der Waals surface area contributed by atoms with Gasteiger partial charge in [0.2, 0.25) is 0 Å². The highest BCUT2D eigenvalue weighted by Gasteiger charge is 2.19. The Morgan fingerprint density at radius 2 is 1.22 bits per heavy atom. The molecule has 0 aromatic heterocycles. The quantitative estimate of drug-likeness (QED) is 0.610. The summed E-state index contributed by atoms with van der Waals surface area (Å²) < 4.78 is 5.77. The smallest absolute Gasteiger partial charge is 0.339 e. The summed E-state index contributed by atoms with van der Waals surface area (Å²) >= 11 is 5.86. The first-order valence-electron chi connectivity index (χ1n) is 7.30. The van der Waals surface area contributed by atoms with Crippen LogP contribution in [0, 0.1) is 0 Å². The molecule has 3 rings (SSSR count). The zero-order valence-electron chi connectivity index (χ0n) is 12.4. The van der Waals surface area contributed by atoms with Crippen molar-refractivity contribution in [3.63, 3.8) is 0 Å². The lowest BCUT2D eigenvalue weighted by molar-refractivity contribution is 0.0378. The molecule has 0 amide bonds. The average Bonchev–Trinajstić information content (AvgIpc) is 2.61. The van der Waals surface area contributed by atoms with Crippen LogP contribution >= 0.6 is 11.6 Å². The number of halogens is 1. The number of rotatable bonds is 4. The first-order valence-corrected chi connectivity index (χ1v) is 7.68. The van der Waals surface area contributed by atoms with Gasteiger partial charge in [-0.05, 0) is 35.4 Å². The SMILES string of the molecule is O=C(OC(c1ccccc1)c1ccccc1)c1ccc(Cl)cc1. The highest BCUT2D eigenvalue weighted by Crippen LogP contribution is 2.27. The van der Waals surface area contributed by atoms with E-state index >= 15 is 0 Å². The topological polar surface area (TPSA) is 26.3 Å². The fraction of sp³-hybridized carbons (Fsp3) is 0.0500. The van der Waals surface area contributed by atoms with Crippen molar-refractivity contribution in [2.75, 3.05) is 0 Å². The minimum absolute atomic E-state index is 0.376. The number of hydrogen-bond donors (Lipinski definition) is 0. The van der Waals surface area contributed by atoms with Crippen LogP contribution in [0.4, 0.5) is 0 Å². The van der Waals surface area contributed by atoms with Crippen LogP contribution in [0.2, 0.25) is 5.02 Å². The van der Waals surface area contributed by atoms with Gasteiger partial charge in [0.25, 0.3) is 0 Å². The predicted octanol–water partition coefficient (Wildman–Crippen LogP) is 5.29. The first kappa shape index (κ1) is 15.3. The molecule has 0 aliphatic carbocycles. The Hall–Kier alpha value is -2.58. The molecule has 0 aliphatic heterocycles. The molecular weight excluding hydrogens is 308 g/mol. The molecule has 2 nitrogen and oxygen atoms in total. The molecule has 0 fully saturated rings. The Morgan fingerprint density at radius 3 is 1.70 bits per heavy atom. The van der Waals surface area contributed by atoms with Crippen LogP contribution in [-0.2, 0) is 4.74 Å². The molecule has 0 aliphatic rings. The van der Waals surface area contributed by atoms with E-state index in [0.29, 0.717) is 10.6 Å². The third-order valence-electron chi connectivity index (χ3n) is 3.51. The van der Waals surface area contributed by atoms with E-state index in [0.717, 1.165) is 11.1 Å². The van der Waals surface area contributed by atoms with E-state index in [9.17, 15) is 4.79 Å². The van der Waals surface area contributed by atoms with E-state index in [-0.39, 0.29) is 5.97 Å². The third-order valence-corrected chi connectivity index (χ3v) is 3.76. The molecule has 0 atom stereocenters. The minimum atomic E-state index is -0.444. The van der Waals surface area contributed by atoms with Crippen LogP contribution in [-0.4, -0.2) is 5.97 Å². The summed E-state index contributed by atoms with van der Waals surface area (Å²) in [4.78, 5) is 12.4. The van der Waals surface area contributed by atoms with Gasteiger partial charge < -0.3 is 4.74 Å². The van der Waals surface area contributed by atoms with E-state index in [4.69, 9.17) is 16.3 Å². The second-order valence-corrected chi connectivity index (χ2v) is 5.55. The van der Waals surface area contributed by atoms with Crippen molar-refractivity contribution in [1.29, 1.82) is 0 Å². The Bertz CT molecular complexity index is 728. The van der Waals surface area contributed by atoms with Crippen molar-refractivity contribution < 1.29 is 9.53 Å². The number of ether oxygens (including phenoxy) is 1. The molecule has 3 heteroatoms. The van der Waals surface area contributed by atoms with Crippen molar-refractivity contribution >= 4 is 17.6 Å². The van der Waals surface area contributed by atoms with Gasteiger partial charge in [0.05, 0.1) is 5.56 Å². The molecule has 0 N–H and O–H groups in total. The van der Waals surface area contributed by atoms with Crippen molar-refractivity contribution in [1.82, 2.24) is 0 Å². The summed E-state index contributed by atoms with van der Waals surface area (Å²) in [6, 6.07) is 26.1. The van der Waals surface area contributed by atoms with Crippen LogP contribution < -0.4 is 0 Å². The molecule has 0 spiro atoms. The third kappa shape index (κ3) is 3.79. The zero-order valence-corrected chi connectivity index (χ0v) is 13.1. The maximum absolute atomic E-state index is 12.4. The van der Waals surface area contributed by atoms with Gasteiger partial charge in [0, 0.05) is 5.02 Å². The van der Waals surface area contributed by atoms with E-state index in [1.165, 1.54) is 0 Å². The lowest BCUT2D eigenvalue weighted by Gasteiger charge is -2.19. The number of carbonyl (C=O) groups is 1. The molecular formula is C20H15ClO2. The number of esters is 1. The van der Waals surface area contributed by atoms with Crippen LogP contribution in [0.1, 0.15) is 27.6 Å². The van der Waals surface area contributed by atoms with Crippen molar-refractivity contribution in [3.8, 4) is 0 Å². The Morgan fingerprint density at radius 1 is 0.739 bits per heavy atom. The minimum Gasteiger partial charge on any atom is -0.449 e. The van der Waals surface area contributed by atoms with Gasteiger partial charge in [-0.1, -0.05) is 72.3 Å². The molecule has 0 radical (unpaired) electrons. The monoisotopic (exact) mass is 322 g/mol. The summed E-state index contributed by atoms with van der Waals surface area (Å²) in [5.74, 6) is -0.376. The molecule has 0 saturated heterocycles. The Balaban J connectivity index is 1.90. The second kappa shape index (κ2) is 7.12. The normalized spacial score (nSPS) is 10.5. The van der Waals surface area contributed by atoms with Crippen LogP contribution in [0.15, 0.2) is 84.9 Å². The number of hydrogen-bond acceptors (Lipinski definition) is 2. The molecule has 23 heavy (non-hydrogen) atoms. The highest BCUT2D eigenvalue weighted by molar-refractivity contribution is 6.30. The van der Waals surface area contributed by atoms with Crippen molar-refractivity contribution in [2.24, 2.45) is 0 Å². The van der Waals surface area contributed by atoms with Crippen LogP contribution in [0.25, 0.3) is 0 Å². The van der Waals surface area contributed by atoms with Crippen molar-refractivity contribution in [3.05, 3.63) is 107 Å². The summed E-state index contributed by atoms with van der Waals surface area (Å²) in [7, 11) is 0. The largest absolute Gasteiger partial charge is 0.449 e. The molecule has 0 saturated carbocycles. The van der Waals surface area contributed by atoms with Gasteiger partial charge in [-0.3, -0.25) is 0 Å². The van der Waals surface area contributed by atoms with Crippen LogP contribution in [0.3, 0.4) is 0 Å². The summed E-state index contributed by atoms with van der Waals surface area (Å²) in [5.41, 5.74) is 2.34. The summed E-state index contributed by atoms with van der Waals surface area (Å²) in [5, 5.41) is 0.587. The van der Waals surface area contributed by atoms with Gasteiger partial charge in [-0.25, -0.2) is 4.79 Å². The first-order chi connectivity index (χ1) is 11.2. The lowest BCUT2D eigenvalue weighted by atomic mass is 10.0. The fourth-order valence-electron chi connectivity index (χ4n) is 2.35. The summed E-state index contributed by atoms with van der Waals surface area (Å²) in [6.07, 6.45) is -0.444. The number of benzene rings is 3. The highest BCUT2D eigenvalue weighted by atomic mass is 35.5. The molecule has 114 valence electrons. The van der Waals surface area contributed by atoms with Gasteiger partial charge in [-0.2, -0.15) is 0 Å². The molecule has 0 heterocycles. The van der Waals surface area contributed by atoms with E-state index < -0.39 is 6.10 Å². The second-order valence-electron chi connectivity index (χ2n) is 5.11. The molecule has 0 bridgehead atoms. The maximum atomic E-state index is 12.4. The molecule has 0 unspecified atom stereocenters. The van der Waals surface area contributed by atoms with E-state index in [1.54, 1.807) is 24.3 Å². The van der Waals surface area contributed by atoms with Gasteiger partial charge in [0.15, 0.2) is 6.10 Å².